The molecule has 152 valence electrons. The van der Waals surface area contributed by atoms with Crippen molar-refractivity contribution in [3.05, 3.63) is 83.2 Å². The van der Waals surface area contributed by atoms with Gasteiger partial charge in [-0.05, 0) is 44.2 Å². The Morgan fingerprint density at radius 2 is 1.80 bits per heavy atom. The number of nitrogens with zero attached hydrogens (tertiary/aromatic N) is 1. The summed E-state index contributed by atoms with van der Waals surface area (Å²) in [6.45, 7) is 3.87. The third kappa shape index (κ3) is 3.72. The second-order valence-corrected chi connectivity index (χ2v) is 7.28. The number of phenols is 2. The molecular weight excluding hydrogens is 378 g/mol. The standard InChI is InChI=1S/C24H23N3O3/c1-14-5-4-6-21(25-14)27-22(17-10-12-19(28)20(13-17)30-3)18-11-9-16-8-7-15(2)26-23(16)24(18)29/h4-13,22,28-29H,1-3H3,(H,25,27)/p+1/t22-/m1/s1. The highest BCUT2D eigenvalue weighted by molar-refractivity contribution is 5.86. The fourth-order valence-electron chi connectivity index (χ4n) is 3.56. The number of methoxy groups -OCH3 is 1. The van der Waals surface area contributed by atoms with Gasteiger partial charge < -0.3 is 14.9 Å². The predicted octanol–water partition coefficient (Wildman–Crippen LogP) is 4.29. The maximum absolute atomic E-state index is 11.1. The molecule has 4 rings (SSSR count). The Hall–Kier alpha value is -3.80. The van der Waals surface area contributed by atoms with E-state index in [2.05, 4.69) is 15.3 Å². The molecule has 4 N–H and O–H groups in total. The smallest absolute Gasteiger partial charge is 0.273 e. The molecule has 0 radical (unpaired) electrons. The van der Waals surface area contributed by atoms with E-state index in [1.807, 2.05) is 56.3 Å². The van der Waals surface area contributed by atoms with Gasteiger partial charge >= 0.3 is 0 Å². The Bertz CT molecular complexity index is 1220. The third-order valence-electron chi connectivity index (χ3n) is 5.09. The number of benzene rings is 2. The second kappa shape index (κ2) is 7.91. The van der Waals surface area contributed by atoms with Crippen molar-refractivity contribution in [3.8, 4) is 17.2 Å². The minimum Gasteiger partial charge on any atom is -0.505 e. The molecule has 0 saturated heterocycles. The van der Waals surface area contributed by atoms with Gasteiger partial charge in [0.1, 0.15) is 17.3 Å². The van der Waals surface area contributed by atoms with Crippen LogP contribution in [0.4, 0.5) is 5.82 Å². The summed E-state index contributed by atoms with van der Waals surface area (Å²) in [4.78, 5) is 7.82. The molecule has 30 heavy (non-hydrogen) atoms. The summed E-state index contributed by atoms with van der Waals surface area (Å²) in [6, 6.07) is 18.3. The largest absolute Gasteiger partial charge is 0.505 e. The zero-order chi connectivity index (χ0) is 21.3. The van der Waals surface area contributed by atoms with Crippen LogP contribution in [-0.4, -0.2) is 22.3 Å². The fraction of sp³-hybridized carbons (Fsp3) is 0.167. The van der Waals surface area contributed by atoms with Gasteiger partial charge in [0.05, 0.1) is 12.8 Å². The minimum absolute atomic E-state index is 0.0575. The van der Waals surface area contributed by atoms with Gasteiger partial charge in [-0.1, -0.05) is 24.3 Å². The highest BCUT2D eigenvalue weighted by Gasteiger charge is 2.25. The Labute approximate surface area is 174 Å². The van der Waals surface area contributed by atoms with Gasteiger partial charge in [0.25, 0.3) is 5.82 Å². The lowest BCUT2D eigenvalue weighted by molar-refractivity contribution is -0.371. The van der Waals surface area contributed by atoms with Crippen LogP contribution in [-0.2, 0) is 0 Å². The van der Waals surface area contributed by atoms with E-state index in [1.54, 1.807) is 18.2 Å². The van der Waals surface area contributed by atoms with Crippen molar-refractivity contribution in [2.24, 2.45) is 0 Å². The Morgan fingerprint density at radius 3 is 2.57 bits per heavy atom. The molecule has 0 unspecified atom stereocenters. The van der Waals surface area contributed by atoms with E-state index in [1.165, 1.54) is 7.11 Å². The van der Waals surface area contributed by atoms with Gasteiger partial charge in [-0.2, -0.15) is 0 Å². The SMILES string of the molecule is COc1cc([C@@H](Nc2cccc(C)[nH+]2)c2ccc3ccc(C)nc3c2O)ccc1O. The van der Waals surface area contributed by atoms with Crippen LogP contribution in [0, 0.1) is 13.8 Å². The van der Waals surface area contributed by atoms with Crippen LogP contribution in [0.25, 0.3) is 10.9 Å². The lowest BCUT2D eigenvalue weighted by Gasteiger charge is -2.19. The van der Waals surface area contributed by atoms with Crippen LogP contribution in [0.5, 0.6) is 17.2 Å². The maximum Gasteiger partial charge on any atom is 0.273 e. The van der Waals surface area contributed by atoms with Crippen molar-refractivity contribution in [2.75, 3.05) is 12.4 Å². The Kier molecular flexibility index (Phi) is 5.14. The number of H-pyrrole nitrogens is 1. The average Bonchev–Trinajstić information content (AvgIpc) is 2.74. The van der Waals surface area contributed by atoms with Crippen LogP contribution >= 0.6 is 0 Å². The first kappa shape index (κ1) is 19.5. The summed E-state index contributed by atoms with van der Waals surface area (Å²) in [5.74, 6) is 1.33. The van der Waals surface area contributed by atoms with Crippen molar-refractivity contribution in [1.29, 1.82) is 0 Å². The van der Waals surface area contributed by atoms with Crippen LogP contribution in [0.15, 0.2) is 60.7 Å². The van der Waals surface area contributed by atoms with Crippen molar-refractivity contribution in [1.82, 2.24) is 4.98 Å². The highest BCUT2D eigenvalue weighted by Crippen LogP contribution is 2.38. The first-order valence-corrected chi connectivity index (χ1v) is 9.68. The van der Waals surface area contributed by atoms with Crippen LogP contribution < -0.4 is 15.0 Å². The van der Waals surface area contributed by atoms with E-state index >= 15 is 0 Å². The molecule has 0 saturated carbocycles. The third-order valence-corrected chi connectivity index (χ3v) is 5.09. The maximum atomic E-state index is 11.1. The number of phenolic OH excluding ortho intramolecular Hbond substituents is 2. The lowest BCUT2D eigenvalue weighted by atomic mass is 9.95. The van der Waals surface area contributed by atoms with Crippen LogP contribution in [0.3, 0.4) is 0 Å². The number of fused-ring (bicyclic) bond motifs is 1. The van der Waals surface area contributed by atoms with Crippen molar-refractivity contribution in [2.45, 2.75) is 19.9 Å². The van der Waals surface area contributed by atoms with Gasteiger partial charge in [0.2, 0.25) is 0 Å². The van der Waals surface area contributed by atoms with Crippen LogP contribution in [0.2, 0.25) is 0 Å². The number of aromatic hydroxyl groups is 2. The first-order valence-electron chi connectivity index (χ1n) is 9.68. The Balaban J connectivity index is 1.89. The van der Waals surface area contributed by atoms with E-state index in [0.717, 1.165) is 28.2 Å². The summed E-state index contributed by atoms with van der Waals surface area (Å²) in [5, 5.41) is 25.5. The van der Waals surface area contributed by atoms with E-state index in [0.29, 0.717) is 16.8 Å². The number of anilines is 1. The molecule has 2 aromatic heterocycles. The molecule has 0 bridgehead atoms. The van der Waals surface area contributed by atoms with Crippen molar-refractivity contribution >= 4 is 16.7 Å². The molecule has 0 spiro atoms. The topological polar surface area (TPSA) is 88.8 Å². The van der Waals surface area contributed by atoms with E-state index < -0.39 is 6.04 Å². The first-order chi connectivity index (χ1) is 14.5. The zero-order valence-electron chi connectivity index (χ0n) is 17.1. The molecule has 0 fully saturated rings. The quantitative estimate of drug-likeness (QED) is 0.463. The van der Waals surface area contributed by atoms with Gasteiger partial charge in [0, 0.05) is 28.3 Å². The molecule has 0 aliphatic carbocycles. The fourth-order valence-corrected chi connectivity index (χ4v) is 3.56. The number of nitrogens with one attached hydrogen (secondary N) is 2. The van der Waals surface area contributed by atoms with Gasteiger partial charge in [0.15, 0.2) is 11.5 Å². The number of rotatable bonds is 5. The molecule has 6 nitrogen and oxygen atoms in total. The second-order valence-electron chi connectivity index (χ2n) is 7.28. The molecule has 6 heteroatoms. The summed E-state index contributed by atoms with van der Waals surface area (Å²) in [6.07, 6.45) is 0. The van der Waals surface area contributed by atoms with Gasteiger partial charge in [-0.15, -0.1) is 0 Å². The van der Waals surface area contributed by atoms with Crippen LogP contribution in [0.1, 0.15) is 28.6 Å². The van der Waals surface area contributed by atoms with Gasteiger partial charge in [-0.3, -0.25) is 5.32 Å². The zero-order valence-corrected chi connectivity index (χ0v) is 17.1. The van der Waals surface area contributed by atoms with E-state index in [-0.39, 0.29) is 11.5 Å². The molecular formula is C24H24N3O3+. The number of pyridine rings is 2. The molecule has 2 heterocycles. The van der Waals surface area contributed by atoms with Crippen molar-refractivity contribution < 1.29 is 19.9 Å². The lowest BCUT2D eigenvalue weighted by Crippen LogP contribution is -2.20. The number of hydrogen-bond donors (Lipinski definition) is 3. The summed E-state index contributed by atoms with van der Waals surface area (Å²) in [7, 11) is 1.51. The molecule has 0 aliphatic rings. The van der Waals surface area contributed by atoms with Crippen molar-refractivity contribution in [3.63, 3.8) is 0 Å². The monoisotopic (exact) mass is 402 g/mol. The number of hydrogen-bond acceptors (Lipinski definition) is 5. The number of aromatic nitrogens is 2. The molecule has 0 aliphatic heterocycles. The molecule has 2 aromatic carbocycles. The molecule has 0 amide bonds. The number of aromatic amines is 1. The number of aryl methyl sites for hydroxylation is 2. The predicted molar refractivity (Wildman–Crippen MR) is 116 cm³/mol. The summed E-state index contributed by atoms with van der Waals surface area (Å²) in [5.41, 5.74) is 3.88. The minimum atomic E-state index is -0.413. The Morgan fingerprint density at radius 1 is 1.00 bits per heavy atom. The van der Waals surface area contributed by atoms with E-state index in [4.69, 9.17) is 4.74 Å². The average molecular weight is 402 g/mol. The number of ether oxygens (including phenoxy) is 1. The normalized spacial score (nSPS) is 12.0. The van der Waals surface area contributed by atoms with E-state index in [9.17, 15) is 10.2 Å². The highest BCUT2D eigenvalue weighted by atomic mass is 16.5. The summed E-state index contributed by atoms with van der Waals surface area (Å²) >= 11 is 0. The molecule has 4 aromatic rings. The summed E-state index contributed by atoms with van der Waals surface area (Å²) < 4.78 is 5.30. The molecule has 1 atom stereocenters. The van der Waals surface area contributed by atoms with Gasteiger partial charge in [-0.25, -0.2) is 9.97 Å².